The van der Waals surface area contributed by atoms with Crippen molar-refractivity contribution in [3.63, 3.8) is 0 Å². The van der Waals surface area contributed by atoms with Crippen molar-refractivity contribution in [2.45, 2.75) is 20.8 Å². The SMILES string of the molecule is Cc1c(C(=O)NCC(C)C)cccc1-c1ccc(C=O)o1. The first-order valence-electron chi connectivity index (χ1n) is 6.96. The molecule has 0 fully saturated rings. The van der Waals surface area contributed by atoms with Crippen LogP contribution in [0, 0.1) is 12.8 Å². The summed E-state index contributed by atoms with van der Waals surface area (Å²) < 4.78 is 5.43. The second-order valence-electron chi connectivity index (χ2n) is 5.40. The number of carbonyl (C=O) groups excluding carboxylic acids is 2. The van der Waals surface area contributed by atoms with Gasteiger partial charge in [0.15, 0.2) is 12.0 Å². The van der Waals surface area contributed by atoms with Crippen LogP contribution in [0.25, 0.3) is 11.3 Å². The highest BCUT2D eigenvalue weighted by molar-refractivity contribution is 5.97. The number of hydrogen-bond acceptors (Lipinski definition) is 3. The lowest BCUT2D eigenvalue weighted by Crippen LogP contribution is -2.27. The van der Waals surface area contributed by atoms with Gasteiger partial charge in [0, 0.05) is 17.7 Å². The van der Waals surface area contributed by atoms with Crippen LogP contribution in [-0.4, -0.2) is 18.7 Å². The van der Waals surface area contributed by atoms with E-state index in [0.717, 1.165) is 11.1 Å². The monoisotopic (exact) mass is 285 g/mol. The molecular formula is C17H19NO3. The lowest BCUT2D eigenvalue weighted by molar-refractivity contribution is 0.0948. The largest absolute Gasteiger partial charge is 0.453 e. The van der Waals surface area contributed by atoms with E-state index in [1.165, 1.54) is 0 Å². The van der Waals surface area contributed by atoms with E-state index >= 15 is 0 Å². The number of rotatable bonds is 5. The first-order valence-corrected chi connectivity index (χ1v) is 6.96. The maximum Gasteiger partial charge on any atom is 0.251 e. The highest BCUT2D eigenvalue weighted by Crippen LogP contribution is 2.27. The van der Waals surface area contributed by atoms with Gasteiger partial charge in [-0.2, -0.15) is 0 Å². The molecule has 4 heteroatoms. The van der Waals surface area contributed by atoms with Crippen LogP contribution in [0.5, 0.6) is 0 Å². The Morgan fingerprint density at radius 1 is 1.29 bits per heavy atom. The molecule has 1 aromatic carbocycles. The molecule has 0 radical (unpaired) electrons. The van der Waals surface area contributed by atoms with Gasteiger partial charge >= 0.3 is 0 Å². The van der Waals surface area contributed by atoms with Crippen molar-refractivity contribution in [1.82, 2.24) is 5.32 Å². The molecular weight excluding hydrogens is 266 g/mol. The molecule has 4 nitrogen and oxygen atoms in total. The molecule has 110 valence electrons. The average molecular weight is 285 g/mol. The minimum absolute atomic E-state index is 0.0924. The van der Waals surface area contributed by atoms with E-state index in [-0.39, 0.29) is 11.7 Å². The molecule has 1 N–H and O–H groups in total. The molecule has 0 aliphatic carbocycles. The molecule has 21 heavy (non-hydrogen) atoms. The Bertz CT molecular complexity index is 656. The third-order valence-electron chi connectivity index (χ3n) is 3.26. The fraction of sp³-hybridized carbons (Fsp3) is 0.294. The number of nitrogens with one attached hydrogen (secondary N) is 1. The summed E-state index contributed by atoms with van der Waals surface area (Å²) in [6.07, 6.45) is 0.665. The summed E-state index contributed by atoms with van der Waals surface area (Å²) in [5.74, 6) is 1.18. The Morgan fingerprint density at radius 2 is 2.05 bits per heavy atom. The van der Waals surface area contributed by atoms with E-state index in [4.69, 9.17) is 4.42 Å². The standard InChI is InChI=1S/C17H19NO3/c1-11(2)9-18-17(20)15-6-4-5-14(12(15)3)16-8-7-13(10-19)21-16/h4-8,10-11H,9H2,1-3H3,(H,18,20). The Labute approximate surface area is 124 Å². The van der Waals surface area contributed by atoms with E-state index in [9.17, 15) is 9.59 Å². The maximum atomic E-state index is 12.2. The van der Waals surface area contributed by atoms with E-state index < -0.39 is 0 Å². The molecule has 0 aliphatic rings. The van der Waals surface area contributed by atoms with Crippen LogP contribution in [0.2, 0.25) is 0 Å². The average Bonchev–Trinajstić information content (AvgIpc) is 2.93. The van der Waals surface area contributed by atoms with Crippen LogP contribution >= 0.6 is 0 Å². The molecule has 0 atom stereocenters. The van der Waals surface area contributed by atoms with E-state index in [2.05, 4.69) is 5.32 Å². The second-order valence-corrected chi connectivity index (χ2v) is 5.40. The Balaban J connectivity index is 2.31. The molecule has 0 aliphatic heterocycles. The van der Waals surface area contributed by atoms with Crippen LogP contribution in [0.15, 0.2) is 34.7 Å². The molecule has 0 spiro atoms. The van der Waals surface area contributed by atoms with Crippen molar-refractivity contribution in [1.29, 1.82) is 0 Å². The normalized spacial score (nSPS) is 10.7. The molecule has 0 bridgehead atoms. The summed E-state index contributed by atoms with van der Waals surface area (Å²) in [5.41, 5.74) is 2.28. The van der Waals surface area contributed by atoms with Gasteiger partial charge in [-0.25, -0.2) is 0 Å². The third-order valence-corrected chi connectivity index (χ3v) is 3.26. The number of carbonyl (C=O) groups is 2. The fourth-order valence-electron chi connectivity index (χ4n) is 2.10. The van der Waals surface area contributed by atoms with Gasteiger partial charge in [0.05, 0.1) is 0 Å². The predicted octanol–water partition coefficient (Wildman–Crippen LogP) is 3.45. The van der Waals surface area contributed by atoms with Gasteiger partial charge in [0.2, 0.25) is 0 Å². The second kappa shape index (κ2) is 6.39. The minimum atomic E-state index is -0.0924. The topological polar surface area (TPSA) is 59.3 Å². The van der Waals surface area contributed by atoms with Gasteiger partial charge < -0.3 is 9.73 Å². The summed E-state index contributed by atoms with van der Waals surface area (Å²) in [6, 6.07) is 8.84. The van der Waals surface area contributed by atoms with Crippen molar-refractivity contribution in [3.05, 3.63) is 47.2 Å². The third kappa shape index (κ3) is 3.40. The van der Waals surface area contributed by atoms with Crippen LogP contribution < -0.4 is 5.32 Å². The summed E-state index contributed by atoms with van der Waals surface area (Å²) in [4.78, 5) is 22.9. The Hall–Kier alpha value is -2.36. The smallest absolute Gasteiger partial charge is 0.251 e. The molecule has 1 aromatic heterocycles. The maximum absolute atomic E-state index is 12.2. The first-order chi connectivity index (χ1) is 10.0. The number of hydrogen-bond donors (Lipinski definition) is 1. The number of furan rings is 1. The van der Waals surface area contributed by atoms with Crippen LogP contribution in [0.1, 0.15) is 40.3 Å². The van der Waals surface area contributed by atoms with E-state index in [0.29, 0.717) is 30.1 Å². The van der Waals surface area contributed by atoms with Crippen molar-refractivity contribution in [2.75, 3.05) is 6.54 Å². The quantitative estimate of drug-likeness (QED) is 0.856. The zero-order chi connectivity index (χ0) is 15.4. The van der Waals surface area contributed by atoms with Crippen LogP contribution in [0.3, 0.4) is 0 Å². The molecule has 2 rings (SSSR count). The summed E-state index contributed by atoms with van der Waals surface area (Å²) in [7, 11) is 0. The van der Waals surface area contributed by atoms with Crippen LogP contribution in [-0.2, 0) is 0 Å². The Morgan fingerprint density at radius 3 is 2.67 bits per heavy atom. The molecule has 0 saturated carbocycles. The van der Waals surface area contributed by atoms with Gasteiger partial charge in [-0.15, -0.1) is 0 Å². The number of aldehydes is 1. The molecule has 1 amide bonds. The fourth-order valence-corrected chi connectivity index (χ4v) is 2.10. The van der Waals surface area contributed by atoms with Gasteiger partial charge in [0.25, 0.3) is 5.91 Å². The number of amides is 1. The molecule has 1 heterocycles. The van der Waals surface area contributed by atoms with Crippen LogP contribution in [0.4, 0.5) is 0 Å². The van der Waals surface area contributed by atoms with Gasteiger partial charge in [-0.1, -0.05) is 26.0 Å². The molecule has 0 unspecified atom stereocenters. The highest BCUT2D eigenvalue weighted by Gasteiger charge is 2.14. The van der Waals surface area contributed by atoms with Crippen molar-refractivity contribution in [3.8, 4) is 11.3 Å². The molecule has 2 aromatic rings. The zero-order valence-electron chi connectivity index (χ0n) is 12.5. The highest BCUT2D eigenvalue weighted by atomic mass is 16.3. The first kappa shape index (κ1) is 15.0. The van der Waals surface area contributed by atoms with Gasteiger partial charge in [-0.3, -0.25) is 9.59 Å². The minimum Gasteiger partial charge on any atom is -0.453 e. The Kier molecular flexibility index (Phi) is 4.58. The lowest BCUT2D eigenvalue weighted by Gasteiger charge is -2.11. The lowest BCUT2D eigenvalue weighted by atomic mass is 10.00. The summed E-state index contributed by atoms with van der Waals surface area (Å²) in [6.45, 7) is 6.61. The predicted molar refractivity (Wildman–Crippen MR) is 81.4 cm³/mol. The van der Waals surface area contributed by atoms with E-state index in [1.54, 1.807) is 18.2 Å². The number of benzene rings is 1. The van der Waals surface area contributed by atoms with Gasteiger partial charge in [0.1, 0.15) is 5.76 Å². The van der Waals surface area contributed by atoms with Crippen molar-refractivity contribution < 1.29 is 14.0 Å². The van der Waals surface area contributed by atoms with Gasteiger partial charge in [-0.05, 0) is 36.6 Å². The summed E-state index contributed by atoms with van der Waals surface area (Å²) >= 11 is 0. The molecule has 0 saturated heterocycles. The van der Waals surface area contributed by atoms with E-state index in [1.807, 2.05) is 32.9 Å². The summed E-state index contributed by atoms with van der Waals surface area (Å²) in [5, 5.41) is 2.91. The zero-order valence-corrected chi connectivity index (χ0v) is 12.5. The van der Waals surface area contributed by atoms with Crippen molar-refractivity contribution >= 4 is 12.2 Å². The van der Waals surface area contributed by atoms with Crippen molar-refractivity contribution in [2.24, 2.45) is 5.92 Å².